The Hall–Kier alpha value is -2.34. The summed E-state index contributed by atoms with van der Waals surface area (Å²) in [5, 5.41) is 2.86. The number of aromatic nitrogens is 2. The first-order valence-corrected chi connectivity index (χ1v) is 6.02. The number of methoxy groups -OCH3 is 2. The third kappa shape index (κ3) is 3.36. The molecule has 0 saturated carbocycles. The third-order valence-corrected chi connectivity index (χ3v) is 2.67. The van der Waals surface area contributed by atoms with Gasteiger partial charge in [0.05, 0.1) is 26.6 Å². The fourth-order valence-corrected chi connectivity index (χ4v) is 1.60. The zero-order valence-electron chi connectivity index (χ0n) is 10.9. The molecule has 7 heteroatoms. The van der Waals surface area contributed by atoms with E-state index in [0.29, 0.717) is 22.9 Å². The first kappa shape index (κ1) is 14.1. The normalized spacial score (nSPS) is 9.95. The molecule has 0 unspecified atom stereocenters. The average Bonchev–Trinajstić information content (AvgIpc) is 2.48. The number of carbonyl (C=O) groups is 1. The van der Waals surface area contributed by atoms with Crippen LogP contribution in [0.2, 0.25) is 5.15 Å². The van der Waals surface area contributed by atoms with Crippen molar-refractivity contribution >= 4 is 23.3 Å². The second kappa shape index (κ2) is 6.21. The number of rotatable bonds is 4. The monoisotopic (exact) mass is 293 g/mol. The summed E-state index contributed by atoms with van der Waals surface area (Å²) in [7, 11) is 3.03. The number of hydrogen-bond donors (Lipinski definition) is 1. The fourth-order valence-electron chi connectivity index (χ4n) is 1.50. The second-order valence-electron chi connectivity index (χ2n) is 3.78. The van der Waals surface area contributed by atoms with Crippen LogP contribution in [0.25, 0.3) is 0 Å². The van der Waals surface area contributed by atoms with Crippen molar-refractivity contribution in [3.05, 3.63) is 41.3 Å². The van der Waals surface area contributed by atoms with Crippen LogP contribution < -0.4 is 14.8 Å². The highest BCUT2D eigenvalue weighted by Crippen LogP contribution is 2.23. The highest BCUT2D eigenvalue weighted by molar-refractivity contribution is 6.29. The summed E-state index contributed by atoms with van der Waals surface area (Å²) in [6.45, 7) is 0. The van der Waals surface area contributed by atoms with E-state index in [1.165, 1.54) is 26.6 Å². The molecule has 0 spiro atoms. The average molecular weight is 294 g/mol. The van der Waals surface area contributed by atoms with E-state index in [9.17, 15) is 4.79 Å². The maximum absolute atomic E-state index is 12.1. The van der Waals surface area contributed by atoms with Crippen molar-refractivity contribution in [2.24, 2.45) is 0 Å². The standard InChI is InChI=1S/C13H12ClN3O3/c1-19-9-3-8(4-10(5-9)20-2)13(18)17-12-7-15-11(14)6-16-12/h3-7H,1-2H3,(H,16,17,18). The quantitative estimate of drug-likeness (QED) is 0.937. The molecule has 2 rings (SSSR count). The predicted molar refractivity (Wildman–Crippen MR) is 74.5 cm³/mol. The number of hydrogen-bond acceptors (Lipinski definition) is 5. The van der Waals surface area contributed by atoms with Crippen molar-refractivity contribution < 1.29 is 14.3 Å². The van der Waals surface area contributed by atoms with E-state index in [0.717, 1.165) is 0 Å². The van der Waals surface area contributed by atoms with Crippen molar-refractivity contribution in [1.82, 2.24) is 9.97 Å². The summed E-state index contributed by atoms with van der Waals surface area (Å²) in [6, 6.07) is 4.88. The summed E-state index contributed by atoms with van der Waals surface area (Å²) >= 11 is 5.62. The van der Waals surface area contributed by atoms with E-state index >= 15 is 0 Å². The number of carbonyl (C=O) groups excluding carboxylic acids is 1. The highest BCUT2D eigenvalue weighted by Gasteiger charge is 2.11. The van der Waals surface area contributed by atoms with Gasteiger partial charge in [0.2, 0.25) is 0 Å². The molecule has 1 amide bonds. The van der Waals surface area contributed by atoms with Gasteiger partial charge in [0.1, 0.15) is 16.7 Å². The maximum Gasteiger partial charge on any atom is 0.257 e. The first-order chi connectivity index (χ1) is 9.62. The predicted octanol–water partition coefficient (Wildman–Crippen LogP) is 2.40. The lowest BCUT2D eigenvalue weighted by atomic mass is 10.2. The summed E-state index contributed by atoms with van der Waals surface area (Å²) in [4.78, 5) is 19.9. The van der Waals surface area contributed by atoms with Gasteiger partial charge in [-0.1, -0.05) is 11.6 Å². The van der Waals surface area contributed by atoms with Crippen LogP contribution in [0, 0.1) is 0 Å². The number of amides is 1. The van der Waals surface area contributed by atoms with Crippen molar-refractivity contribution in [3.8, 4) is 11.5 Å². The first-order valence-electron chi connectivity index (χ1n) is 5.64. The molecule has 0 aliphatic heterocycles. The molecule has 1 aromatic carbocycles. The zero-order chi connectivity index (χ0) is 14.5. The number of ether oxygens (including phenoxy) is 2. The van der Waals surface area contributed by atoms with E-state index in [-0.39, 0.29) is 11.1 Å². The number of halogens is 1. The van der Waals surface area contributed by atoms with Crippen LogP contribution in [0.1, 0.15) is 10.4 Å². The van der Waals surface area contributed by atoms with E-state index in [2.05, 4.69) is 15.3 Å². The van der Waals surface area contributed by atoms with Gasteiger partial charge in [0.15, 0.2) is 5.82 Å². The molecule has 0 fully saturated rings. The minimum Gasteiger partial charge on any atom is -0.497 e. The van der Waals surface area contributed by atoms with E-state index in [1.54, 1.807) is 18.2 Å². The molecule has 0 bridgehead atoms. The Bertz CT molecular complexity index is 595. The second-order valence-corrected chi connectivity index (χ2v) is 4.17. The Kier molecular flexibility index (Phi) is 4.37. The Labute approximate surface area is 120 Å². The van der Waals surface area contributed by atoms with Crippen LogP contribution in [-0.2, 0) is 0 Å². The molecule has 0 aliphatic rings. The lowest BCUT2D eigenvalue weighted by molar-refractivity contribution is 0.102. The largest absolute Gasteiger partial charge is 0.497 e. The van der Waals surface area contributed by atoms with Gasteiger partial charge in [-0.15, -0.1) is 0 Å². The van der Waals surface area contributed by atoms with Gasteiger partial charge < -0.3 is 14.8 Å². The third-order valence-electron chi connectivity index (χ3n) is 2.48. The van der Waals surface area contributed by atoms with Gasteiger partial charge in [-0.2, -0.15) is 0 Å². The maximum atomic E-state index is 12.1. The van der Waals surface area contributed by atoms with Crippen molar-refractivity contribution in [2.45, 2.75) is 0 Å². The number of nitrogens with one attached hydrogen (secondary N) is 1. The van der Waals surface area contributed by atoms with Gasteiger partial charge in [0, 0.05) is 11.6 Å². The molecule has 0 saturated heterocycles. The molecule has 0 radical (unpaired) electrons. The molecule has 104 valence electrons. The van der Waals surface area contributed by atoms with Crippen molar-refractivity contribution in [3.63, 3.8) is 0 Å². The van der Waals surface area contributed by atoms with Crippen LogP contribution in [-0.4, -0.2) is 30.1 Å². The lowest BCUT2D eigenvalue weighted by Gasteiger charge is -2.08. The van der Waals surface area contributed by atoms with Gasteiger partial charge >= 0.3 is 0 Å². The van der Waals surface area contributed by atoms with Crippen molar-refractivity contribution in [2.75, 3.05) is 19.5 Å². The minimum atomic E-state index is -0.348. The zero-order valence-corrected chi connectivity index (χ0v) is 11.6. The summed E-state index contributed by atoms with van der Waals surface area (Å²) in [5.74, 6) is 1.01. The molecule has 2 aromatic rings. The van der Waals surface area contributed by atoms with Gasteiger partial charge in [-0.25, -0.2) is 9.97 Å². The smallest absolute Gasteiger partial charge is 0.257 e. The Morgan fingerprint density at radius 3 is 2.25 bits per heavy atom. The molecule has 0 atom stereocenters. The molecule has 1 heterocycles. The molecular formula is C13H12ClN3O3. The van der Waals surface area contributed by atoms with E-state index in [4.69, 9.17) is 21.1 Å². The van der Waals surface area contributed by atoms with E-state index in [1.807, 2.05) is 0 Å². The van der Waals surface area contributed by atoms with Gasteiger partial charge in [-0.05, 0) is 12.1 Å². The molecule has 1 aromatic heterocycles. The minimum absolute atomic E-state index is 0.256. The number of nitrogens with zero attached hydrogens (tertiary/aromatic N) is 2. The lowest BCUT2D eigenvalue weighted by Crippen LogP contribution is -2.13. The molecule has 20 heavy (non-hydrogen) atoms. The van der Waals surface area contributed by atoms with E-state index < -0.39 is 0 Å². The molecule has 0 aliphatic carbocycles. The Balaban J connectivity index is 2.22. The topological polar surface area (TPSA) is 73.3 Å². The number of benzene rings is 1. The van der Waals surface area contributed by atoms with Crippen molar-refractivity contribution in [1.29, 1.82) is 0 Å². The van der Waals surface area contributed by atoms with Crippen LogP contribution >= 0.6 is 11.6 Å². The number of anilines is 1. The Morgan fingerprint density at radius 1 is 1.10 bits per heavy atom. The molecule has 1 N–H and O–H groups in total. The summed E-state index contributed by atoms with van der Waals surface area (Å²) < 4.78 is 10.2. The van der Waals surface area contributed by atoms with Crippen LogP contribution in [0.3, 0.4) is 0 Å². The van der Waals surface area contributed by atoms with Gasteiger partial charge in [-0.3, -0.25) is 4.79 Å². The van der Waals surface area contributed by atoms with Gasteiger partial charge in [0.25, 0.3) is 5.91 Å². The Morgan fingerprint density at radius 2 is 1.75 bits per heavy atom. The summed E-state index contributed by atoms with van der Waals surface area (Å²) in [5.41, 5.74) is 0.387. The fraction of sp³-hybridized carbons (Fsp3) is 0.154. The van der Waals surface area contributed by atoms with Crippen LogP contribution in [0.5, 0.6) is 11.5 Å². The summed E-state index contributed by atoms with van der Waals surface area (Å²) in [6.07, 6.45) is 2.72. The molecular weight excluding hydrogens is 282 g/mol. The van der Waals surface area contributed by atoms with Crippen LogP contribution in [0.4, 0.5) is 5.82 Å². The highest BCUT2D eigenvalue weighted by atomic mass is 35.5. The van der Waals surface area contributed by atoms with Crippen LogP contribution in [0.15, 0.2) is 30.6 Å². The SMILES string of the molecule is COc1cc(OC)cc(C(=O)Nc2cnc(Cl)cn2)c1. The molecule has 6 nitrogen and oxygen atoms in total.